The summed E-state index contributed by atoms with van der Waals surface area (Å²) in [5, 5.41) is 6.58. The Morgan fingerprint density at radius 3 is 2.66 bits per heavy atom. The zero-order valence-electron chi connectivity index (χ0n) is 19.4. The zero-order chi connectivity index (χ0) is 25.2. The molecule has 0 saturated carbocycles. The number of ether oxygens (including phenoxy) is 1. The lowest BCUT2D eigenvalue weighted by Gasteiger charge is -2.28. The molecular weight excluding hydrogens is 497 g/mol. The molecule has 0 radical (unpaired) electrons. The summed E-state index contributed by atoms with van der Waals surface area (Å²) in [6, 6.07) is 8.34. The molecule has 9 nitrogen and oxygen atoms in total. The third-order valence-corrected chi connectivity index (χ3v) is 6.37. The largest absolute Gasteiger partial charge is 0.495 e. The van der Waals surface area contributed by atoms with Crippen LogP contribution < -0.4 is 19.6 Å². The average Bonchev–Trinajstić information content (AvgIpc) is 2.81. The summed E-state index contributed by atoms with van der Waals surface area (Å²) in [5.74, 6) is 1.18. The van der Waals surface area contributed by atoms with Gasteiger partial charge in [0.1, 0.15) is 16.5 Å². The van der Waals surface area contributed by atoms with E-state index in [0.29, 0.717) is 28.8 Å². The second-order valence-corrected chi connectivity index (χ2v) is 9.39. The lowest BCUT2D eigenvalue weighted by Crippen LogP contribution is -2.30. The van der Waals surface area contributed by atoms with Crippen molar-refractivity contribution in [3.05, 3.63) is 58.2 Å². The summed E-state index contributed by atoms with van der Waals surface area (Å²) in [7, 11) is -3.49. The van der Waals surface area contributed by atoms with E-state index in [-0.39, 0.29) is 10.8 Å². The first kappa shape index (κ1) is 25.0. The number of fused-ring (bicyclic) bond motifs is 1. The monoisotopic (exact) mass is 521 g/mol. The molecule has 4 rings (SSSR count). The molecule has 1 aromatic heterocycles. The van der Waals surface area contributed by atoms with Crippen molar-refractivity contribution in [3.8, 4) is 11.5 Å². The van der Waals surface area contributed by atoms with Crippen molar-refractivity contribution < 1.29 is 21.2 Å². The van der Waals surface area contributed by atoms with Crippen LogP contribution in [0, 0.1) is 6.92 Å². The van der Waals surface area contributed by atoms with Gasteiger partial charge in [-0.3, -0.25) is 4.90 Å². The van der Waals surface area contributed by atoms with Gasteiger partial charge in [0, 0.05) is 18.8 Å². The predicted octanol–water partition coefficient (Wildman–Crippen LogP) is 4.91. The molecule has 0 saturated heterocycles. The minimum atomic E-state index is -5.11. The molecule has 1 aliphatic rings. The van der Waals surface area contributed by atoms with Crippen molar-refractivity contribution in [2.24, 2.45) is 0 Å². The maximum Gasteiger partial charge on any atom is 0.488 e. The third kappa shape index (κ3) is 6.11. The van der Waals surface area contributed by atoms with Gasteiger partial charge in [-0.25, -0.2) is 4.98 Å². The van der Waals surface area contributed by atoms with E-state index in [1.807, 2.05) is 6.07 Å². The summed E-state index contributed by atoms with van der Waals surface area (Å²) in [6.07, 6.45) is 2.43. The normalized spacial score (nSPS) is 13.7. The molecule has 2 aromatic carbocycles. The van der Waals surface area contributed by atoms with Crippen LogP contribution in [0.2, 0.25) is 5.02 Å². The van der Waals surface area contributed by atoms with Gasteiger partial charge in [-0.2, -0.15) is 13.4 Å². The Labute approximate surface area is 208 Å². The first-order valence-corrected chi connectivity index (χ1v) is 12.6. The minimum absolute atomic E-state index is 0.146. The number of methoxy groups -OCH3 is 1. The number of aryl methyl sites for hydroxylation is 1. The number of nitrogens with one attached hydrogen (secondary N) is 2. The number of likely N-dealkylation sites (N-methyl/N-ethyl adjacent to an activating group) is 1. The second-order valence-electron chi connectivity index (χ2n) is 8.03. The Morgan fingerprint density at radius 2 is 1.97 bits per heavy atom. The van der Waals surface area contributed by atoms with Crippen LogP contribution in [0.5, 0.6) is 11.5 Å². The fourth-order valence-corrected chi connectivity index (χ4v) is 4.36. The maximum atomic E-state index is 12.8. The molecule has 0 spiro atoms. The van der Waals surface area contributed by atoms with Crippen LogP contribution in [0.15, 0.2) is 36.5 Å². The van der Waals surface area contributed by atoms with Crippen molar-refractivity contribution in [2.45, 2.75) is 26.8 Å². The summed E-state index contributed by atoms with van der Waals surface area (Å²) in [4.78, 5) is 11.1. The number of aromatic nitrogens is 2. The summed E-state index contributed by atoms with van der Waals surface area (Å²) < 4.78 is 44.1. The molecule has 0 aliphatic carbocycles. The van der Waals surface area contributed by atoms with Gasteiger partial charge in [0.15, 0.2) is 5.82 Å². The van der Waals surface area contributed by atoms with Crippen molar-refractivity contribution >= 4 is 45.2 Å². The quantitative estimate of drug-likeness (QED) is 0.400. The average molecular weight is 522 g/mol. The molecule has 0 bridgehead atoms. The Morgan fingerprint density at radius 1 is 1.17 bits per heavy atom. The molecule has 35 heavy (non-hydrogen) atoms. The van der Waals surface area contributed by atoms with Crippen LogP contribution in [0.25, 0.3) is 0 Å². The molecular formula is C23H25ClFN5O4S. The fraction of sp³-hybridized carbons (Fsp3) is 0.304. The van der Waals surface area contributed by atoms with Crippen LogP contribution in [0.1, 0.15) is 23.6 Å². The van der Waals surface area contributed by atoms with Gasteiger partial charge in [-0.15, -0.1) is 0 Å². The Kier molecular flexibility index (Phi) is 7.29. The molecule has 12 heteroatoms. The van der Waals surface area contributed by atoms with Crippen LogP contribution >= 0.6 is 11.6 Å². The van der Waals surface area contributed by atoms with Crippen LogP contribution in [0.3, 0.4) is 0 Å². The van der Waals surface area contributed by atoms with Gasteiger partial charge >= 0.3 is 10.5 Å². The smallest absolute Gasteiger partial charge is 0.488 e. The molecule has 3 aromatic rings. The number of anilines is 4. The van der Waals surface area contributed by atoms with Crippen molar-refractivity contribution in [1.82, 2.24) is 14.9 Å². The van der Waals surface area contributed by atoms with Gasteiger partial charge in [-0.05, 0) is 66.9 Å². The van der Waals surface area contributed by atoms with Crippen LogP contribution in [0.4, 0.5) is 27.0 Å². The zero-order valence-corrected chi connectivity index (χ0v) is 21.0. The number of halogens is 2. The Bertz CT molecular complexity index is 1360. The predicted molar refractivity (Wildman–Crippen MR) is 133 cm³/mol. The lowest BCUT2D eigenvalue weighted by molar-refractivity contribution is 0.267. The van der Waals surface area contributed by atoms with E-state index < -0.39 is 10.5 Å². The molecule has 0 atom stereocenters. The first-order valence-electron chi connectivity index (χ1n) is 10.9. The Balaban J connectivity index is 1.58. The number of nitrogens with zero attached hydrogens (tertiary/aromatic N) is 3. The lowest BCUT2D eigenvalue weighted by atomic mass is 9.98. The van der Waals surface area contributed by atoms with Crippen LogP contribution in [-0.4, -0.2) is 43.5 Å². The highest BCUT2D eigenvalue weighted by molar-refractivity contribution is 7.81. The van der Waals surface area contributed by atoms with E-state index in [9.17, 15) is 12.3 Å². The number of rotatable bonds is 8. The summed E-state index contributed by atoms with van der Waals surface area (Å²) >= 11 is 6.31. The van der Waals surface area contributed by atoms with Crippen molar-refractivity contribution in [3.63, 3.8) is 0 Å². The minimum Gasteiger partial charge on any atom is -0.495 e. The molecule has 0 fully saturated rings. The van der Waals surface area contributed by atoms with Gasteiger partial charge in [0.05, 0.1) is 19.0 Å². The highest BCUT2D eigenvalue weighted by Gasteiger charge is 2.19. The molecule has 0 amide bonds. The highest BCUT2D eigenvalue weighted by atomic mass is 35.5. The van der Waals surface area contributed by atoms with Crippen molar-refractivity contribution in [1.29, 1.82) is 0 Å². The SMILES string of the molecule is CCN1CCc2cc(OC)c(Nc3ncc(Cl)c(Nc4ccc(OS(=O)(=O)F)cc4C)n3)cc2C1. The third-order valence-electron chi connectivity index (χ3n) is 5.70. The first-order chi connectivity index (χ1) is 16.6. The van der Waals surface area contributed by atoms with E-state index in [1.54, 1.807) is 14.0 Å². The number of benzene rings is 2. The molecule has 186 valence electrons. The molecule has 2 N–H and O–H groups in total. The van der Waals surface area contributed by atoms with Gasteiger partial charge in [0.25, 0.3) is 0 Å². The maximum absolute atomic E-state index is 12.8. The Hall–Kier alpha value is -3.15. The van der Waals surface area contributed by atoms with E-state index in [4.69, 9.17) is 16.3 Å². The molecule has 2 heterocycles. The fourth-order valence-electron chi connectivity index (χ4n) is 3.89. The van der Waals surface area contributed by atoms with Crippen LogP contribution in [-0.2, 0) is 23.5 Å². The van der Waals surface area contributed by atoms with Crippen molar-refractivity contribution in [2.75, 3.05) is 30.8 Å². The topological polar surface area (TPSA) is 106 Å². The van der Waals surface area contributed by atoms with E-state index in [2.05, 4.69) is 42.7 Å². The van der Waals surface area contributed by atoms with Gasteiger partial charge in [0.2, 0.25) is 5.95 Å². The molecule has 1 aliphatic heterocycles. The number of hydrogen-bond donors (Lipinski definition) is 2. The van der Waals surface area contributed by atoms with Gasteiger partial charge in [-0.1, -0.05) is 22.4 Å². The standard InChI is InChI=1S/C23H25ClFN5O4S/c1-4-30-8-7-15-11-21(33-3)20(10-16(15)13-30)28-23-26-12-18(24)22(29-23)27-19-6-5-17(9-14(19)2)34-35(25,31)32/h5-6,9-12H,4,7-8,13H2,1-3H3,(H2,26,27,28,29). The second kappa shape index (κ2) is 10.2. The van der Waals surface area contributed by atoms with E-state index in [1.165, 1.54) is 35.5 Å². The summed E-state index contributed by atoms with van der Waals surface area (Å²) in [6.45, 7) is 6.72. The van der Waals surface area contributed by atoms with E-state index >= 15 is 0 Å². The van der Waals surface area contributed by atoms with Gasteiger partial charge < -0.3 is 19.6 Å². The molecule has 0 unspecified atom stereocenters. The summed E-state index contributed by atoms with van der Waals surface area (Å²) in [5.41, 5.74) is 4.39. The van der Waals surface area contributed by atoms with E-state index in [0.717, 1.165) is 31.7 Å². The highest BCUT2D eigenvalue weighted by Crippen LogP contribution is 2.34. The number of hydrogen-bond acceptors (Lipinski definition) is 9.